The number of rotatable bonds is 5. The van der Waals surface area contributed by atoms with Gasteiger partial charge in [-0.25, -0.2) is 9.97 Å². The summed E-state index contributed by atoms with van der Waals surface area (Å²) >= 11 is 0. The molecule has 170 valence electrons. The Labute approximate surface area is 191 Å². The van der Waals surface area contributed by atoms with Gasteiger partial charge in [0.05, 0.1) is 6.04 Å². The van der Waals surface area contributed by atoms with E-state index in [1.165, 1.54) is 18.4 Å². The summed E-state index contributed by atoms with van der Waals surface area (Å²) in [5.74, 6) is 2.51. The van der Waals surface area contributed by atoms with Crippen molar-refractivity contribution >= 4 is 11.7 Å². The van der Waals surface area contributed by atoms with E-state index in [0.717, 1.165) is 94.0 Å². The zero-order valence-electron chi connectivity index (χ0n) is 19.3. The number of aromatic nitrogens is 3. The summed E-state index contributed by atoms with van der Waals surface area (Å²) in [5.41, 5.74) is 3.49. The molecular weight excluding hydrogens is 398 g/mol. The predicted octanol–water partition coefficient (Wildman–Crippen LogP) is 4.42. The molecule has 0 N–H and O–H groups in total. The number of fused-ring (bicyclic) bond motifs is 1. The number of piperidine rings is 1. The zero-order valence-corrected chi connectivity index (χ0v) is 19.3. The molecule has 6 heteroatoms. The molecule has 0 radical (unpaired) electrons. The Morgan fingerprint density at radius 2 is 1.88 bits per heavy atom. The molecule has 1 aliphatic carbocycles. The maximum absolute atomic E-state index is 13.3. The number of anilines is 1. The van der Waals surface area contributed by atoms with Crippen LogP contribution < -0.4 is 4.90 Å². The van der Waals surface area contributed by atoms with Crippen molar-refractivity contribution in [3.8, 4) is 0 Å². The number of amides is 1. The first-order chi connectivity index (χ1) is 15.7. The average Bonchev–Trinajstić information content (AvgIpc) is 3.38. The van der Waals surface area contributed by atoms with Crippen LogP contribution in [0.3, 0.4) is 0 Å². The van der Waals surface area contributed by atoms with Gasteiger partial charge in [-0.05, 0) is 64.0 Å². The third-order valence-corrected chi connectivity index (χ3v) is 7.52. The molecule has 1 amide bonds. The topological polar surface area (TPSA) is 62.2 Å². The van der Waals surface area contributed by atoms with E-state index in [0.29, 0.717) is 5.91 Å². The molecule has 1 atom stereocenters. The molecule has 1 saturated heterocycles. The number of hydrogen-bond acceptors (Lipinski definition) is 5. The Balaban J connectivity index is 1.40. The van der Waals surface area contributed by atoms with Crippen molar-refractivity contribution < 1.29 is 4.79 Å². The van der Waals surface area contributed by atoms with Gasteiger partial charge in [0.2, 0.25) is 5.91 Å². The fourth-order valence-corrected chi connectivity index (χ4v) is 5.74. The van der Waals surface area contributed by atoms with Crippen molar-refractivity contribution in [2.24, 2.45) is 5.92 Å². The van der Waals surface area contributed by atoms with E-state index in [4.69, 9.17) is 9.97 Å². The molecule has 1 unspecified atom stereocenters. The van der Waals surface area contributed by atoms with Crippen molar-refractivity contribution in [3.63, 3.8) is 0 Å². The number of carbonyl (C=O) groups excluding carboxylic acids is 1. The Bertz CT molecular complexity index is 941. The van der Waals surface area contributed by atoms with Gasteiger partial charge in [0.25, 0.3) is 0 Å². The fourth-order valence-electron chi connectivity index (χ4n) is 5.74. The number of likely N-dealkylation sites (tertiary alicyclic amines) is 1. The lowest BCUT2D eigenvalue weighted by Gasteiger charge is -2.38. The van der Waals surface area contributed by atoms with Crippen LogP contribution in [0.1, 0.15) is 80.2 Å². The molecule has 1 saturated carbocycles. The minimum Gasteiger partial charge on any atom is -0.356 e. The van der Waals surface area contributed by atoms with E-state index in [2.05, 4.69) is 33.8 Å². The Kier molecular flexibility index (Phi) is 6.37. The van der Waals surface area contributed by atoms with Crippen molar-refractivity contribution in [2.45, 2.75) is 77.2 Å². The van der Waals surface area contributed by atoms with Crippen LogP contribution >= 0.6 is 0 Å². The molecule has 2 fully saturated rings. The molecule has 4 heterocycles. The van der Waals surface area contributed by atoms with Crippen LogP contribution in [0.2, 0.25) is 0 Å². The molecule has 0 aromatic carbocycles. The number of carbonyl (C=O) groups is 1. The van der Waals surface area contributed by atoms with Crippen LogP contribution in [-0.2, 0) is 17.6 Å². The standard InChI is InChI=1S/C26H35N5O/c1-19-22-12-8-16-30(18-14-21-11-4-6-15-27-21)25(22)29-24(28-19)23-13-5-7-17-31(23)26(32)20-9-2-3-10-20/h4,6,11,15,20,23H,2-3,5,7-10,12-14,16-18H2,1H3. The highest BCUT2D eigenvalue weighted by atomic mass is 16.2. The van der Waals surface area contributed by atoms with Crippen molar-refractivity contribution in [3.05, 3.63) is 47.2 Å². The van der Waals surface area contributed by atoms with E-state index in [9.17, 15) is 4.79 Å². The Morgan fingerprint density at radius 1 is 1.03 bits per heavy atom. The molecule has 6 nitrogen and oxygen atoms in total. The van der Waals surface area contributed by atoms with Gasteiger partial charge in [-0.1, -0.05) is 18.9 Å². The third kappa shape index (κ3) is 4.37. The summed E-state index contributed by atoms with van der Waals surface area (Å²) in [7, 11) is 0. The molecule has 2 aromatic heterocycles. The minimum absolute atomic E-state index is 0.0282. The van der Waals surface area contributed by atoms with Gasteiger partial charge >= 0.3 is 0 Å². The number of aryl methyl sites for hydroxylation is 1. The second kappa shape index (κ2) is 9.55. The van der Waals surface area contributed by atoms with E-state index >= 15 is 0 Å². The summed E-state index contributed by atoms with van der Waals surface area (Å²) in [6, 6.07) is 6.14. The third-order valence-electron chi connectivity index (χ3n) is 7.52. The molecule has 0 bridgehead atoms. The van der Waals surface area contributed by atoms with Gasteiger partial charge in [-0.2, -0.15) is 0 Å². The first kappa shape index (κ1) is 21.4. The van der Waals surface area contributed by atoms with Crippen LogP contribution in [0.15, 0.2) is 24.4 Å². The molecule has 2 aliphatic heterocycles. The van der Waals surface area contributed by atoms with Gasteiger partial charge in [0.1, 0.15) is 5.82 Å². The maximum Gasteiger partial charge on any atom is 0.226 e. The Hall–Kier alpha value is -2.50. The van der Waals surface area contributed by atoms with E-state index in [1.54, 1.807) is 0 Å². The van der Waals surface area contributed by atoms with Crippen LogP contribution in [0.25, 0.3) is 0 Å². The first-order valence-electron chi connectivity index (χ1n) is 12.5. The second-order valence-electron chi connectivity index (χ2n) is 9.66. The highest BCUT2D eigenvalue weighted by Crippen LogP contribution is 2.36. The van der Waals surface area contributed by atoms with Crippen LogP contribution in [0.5, 0.6) is 0 Å². The highest BCUT2D eigenvalue weighted by Gasteiger charge is 2.36. The minimum atomic E-state index is 0.0282. The molecule has 32 heavy (non-hydrogen) atoms. The van der Waals surface area contributed by atoms with Crippen molar-refractivity contribution in [1.82, 2.24) is 19.9 Å². The van der Waals surface area contributed by atoms with Crippen LogP contribution in [0, 0.1) is 12.8 Å². The number of nitrogens with zero attached hydrogens (tertiary/aromatic N) is 5. The summed E-state index contributed by atoms with van der Waals surface area (Å²) < 4.78 is 0. The molecule has 3 aliphatic rings. The largest absolute Gasteiger partial charge is 0.356 e. The summed E-state index contributed by atoms with van der Waals surface area (Å²) in [5, 5.41) is 0. The normalized spacial score (nSPS) is 21.6. The van der Waals surface area contributed by atoms with E-state index in [1.807, 2.05) is 12.3 Å². The zero-order chi connectivity index (χ0) is 21.9. The lowest BCUT2D eigenvalue weighted by molar-refractivity contribution is -0.139. The number of pyridine rings is 1. The van der Waals surface area contributed by atoms with E-state index < -0.39 is 0 Å². The second-order valence-corrected chi connectivity index (χ2v) is 9.66. The van der Waals surface area contributed by atoms with Crippen molar-refractivity contribution in [2.75, 3.05) is 24.5 Å². The molecule has 0 spiro atoms. The lowest BCUT2D eigenvalue weighted by atomic mass is 9.97. The maximum atomic E-state index is 13.3. The smallest absolute Gasteiger partial charge is 0.226 e. The molecule has 2 aromatic rings. The average molecular weight is 434 g/mol. The summed E-state index contributed by atoms with van der Waals surface area (Å²) in [6.45, 7) is 4.90. The molecular formula is C26H35N5O. The fraction of sp³-hybridized carbons (Fsp3) is 0.615. The highest BCUT2D eigenvalue weighted by molar-refractivity contribution is 5.79. The summed E-state index contributed by atoms with van der Waals surface area (Å²) in [4.78, 5) is 32.5. The Morgan fingerprint density at radius 3 is 2.69 bits per heavy atom. The lowest BCUT2D eigenvalue weighted by Crippen LogP contribution is -2.42. The quantitative estimate of drug-likeness (QED) is 0.699. The SMILES string of the molecule is Cc1nc(C2CCCCN2C(=O)C2CCCC2)nc2c1CCCN2CCc1ccccn1. The first-order valence-corrected chi connectivity index (χ1v) is 12.5. The van der Waals surface area contributed by atoms with Gasteiger partial charge < -0.3 is 9.80 Å². The van der Waals surface area contributed by atoms with Gasteiger partial charge in [0.15, 0.2) is 5.82 Å². The van der Waals surface area contributed by atoms with Crippen LogP contribution in [0.4, 0.5) is 5.82 Å². The molecule has 5 rings (SSSR count). The number of hydrogen-bond donors (Lipinski definition) is 0. The monoisotopic (exact) mass is 433 g/mol. The van der Waals surface area contributed by atoms with Crippen molar-refractivity contribution in [1.29, 1.82) is 0 Å². The van der Waals surface area contributed by atoms with Gasteiger partial charge in [-0.3, -0.25) is 9.78 Å². The predicted molar refractivity (Wildman–Crippen MR) is 126 cm³/mol. The van der Waals surface area contributed by atoms with Gasteiger partial charge in [-0.15, -0.1) is 0 Å². The van der Waals surface area contributed by atoms with Crippen LogP contribution in [-0.4, -0.2) is 45.4 Å². The van der Waals surface area contributed by atoms with E-state index in [-0.39, 0.29) is 12.0 Å². The summed E-state index contributed by atoms with van der Waals surface area (Å²) in [6.07, 6.45) is 12.6. The van der Waals surface area contributed by atoms with Gasteiger partial charge in [0, 0.05) is 55.1 Å².